The van der Waals surface area contributed by atoms with Gasteiger partial charge in [0.15, 0.2) is 0 Å². The van der Waals surface area contributed by atoms with E-state index in [0.717, 1.165) is 26.1 Å². The van der Waals surface area contributed by atoms with Crippen LogP contribution in [0, 0.1) is 5.92 Å². The van der Waals surface area contributed by atoms with Gasteiger partial charge in [0.1, 0.15) is 5.75 Å². The zero-order chi connectivity index (χ0) is 20.6. The van der Waals surface area contributed by atoms with Crippen LogP contribution in [0.5, 0.6) is 5.75 Å². The Morgan fingerprint density at radius 3 is 2.55 bits per heavy atom. The molecule has 2 aliphatic heterocycles. The third-order valence-corrected chi connectivity index (χ3v) is 7.09. The van der Waals surface area contributed by atoms with E-state index in [4.69, 9.17) is 0 Å². The van der Waals surface area contributed by atoms with Gasteiger partial charge in [0.05, 0.1) is 6.54 Å². The number of piperazine rings is 1. The number of carboxylic acid groups (broad SMARTS) is 1. The molecule has 29 heavy (non-hydrogen) atoms. The van der Waals surface area contributed by atoms with Crippen molar-refractivity contribution < 1.29 is 15.0 Å². The molecule has 0 bridgehead atoms. The third kappa shape index (κ3) is 3.89. The summed E-state index contributed by atoms with van der Waals surface area (Å²) in [5.41, 5.74) is 2.30. The SMILES string of the molecule is C[C@H]1CN2CC(c3ccccc3)N(CC(=O)O)C[C@H]2C[C@@]1(C)c1cccc(O)c1. The molecule has 2 fully saturated rings. The molecular formula is C24H30N2O3. The molecule has 0 spiro atoms. The number of carbonyl (C=O) groups is 1. The highest BCUT2D eigenvalue weighted by atomic mass is 16.4. The molecule has 154 valence electrons. The summed E-state index contributed by atoms with van der Waals surface area (Å²) in [7, 11) is 0. The van der Waals surface area contributed by atoms with Crippen LogP contribution in [0.3, 0.4) is 0 Å². The number of phenols is 1. The number of benzene rings is 2. The van der Waals surface area contributed by atoms with Gasteiger partial charge in [-0.25, -0.2) is 0 Å². The van der Waals surface area contributed by atoms with Gasteiger partial charge < -0.3 is 10.2 Å². The van der Waals surface area contributed by atoms with E-state index in [1.807, 2.05) is 30.3 Å². The first-order valence-electron chi connectivity index (χ1n) is 10.4. The van der Waals surface area contributed by atoms with E-state index in [1.165, 1.54) is 11.1 Å². The van der Waals surface area contributed by atoms with Crippen molar-refractivity contribution in [1.29, 1.82) is 0 Å². The number of rotatable bonds is 4. The van der Waals surface area contributed by atoms with Crippen LogP contribution in [0.1, 0.15) is 37.4 Å². The first kappa shape index (κ1) is 19.9. The molecule has 4 rings (SSSR count). The second-order valence-corrected chi connectivity index (χ2v) is 8.93. The molecule has 2 heterocycles. The highest BCUT2D eigenvalue weighted by Gasteiger charge is 2.46. The van der Waals surface area contributed by atoms with E-state index in [2.05, 4.69) is 41.8 Å². The Labute approximate surface area is 172 Å². The number of aliphatic carboxylic acids is 1. The van der Waals surface area contributed by atoms with Crippen LogP contribution in [0.25, 0.3) is 0 Å². The zero-order valence-electron chi connectivity index (χ0n) is 17.2. The van der Waals surface area contributed by atoms with Gasteiger partial charge in [0, 0.05) is 31.7 Å². The van der Waals surface area contributed by atoms with Crippen molar-refractivity contribution in [3.05, 3.63) is 65.7 Å². The van der Waals surface area contributed by atoms with Gasteiger partial charge in [-0.2, -0.15) is 0 Å². The first-order chi connectivity index (χ1) is 13.9. The maximum absolute atomic E-state index is 11.6. The van der Waals surface area contributed by atoms with Crippen molar-refractivity contribution in [2.24, 2.45) is 5.92 Å². The minimum Gasteiger partial charge on any atom is -0.508 e. The lowest BCUT2D eigenvalue weighted by Gasteiger charge is -2.55. The Kier molecular flexibility index (Phi) is 5.36. The molecule has 2 N–H and O–H groups in total. The van der Waals surface area contributed by atoms with Gasteiger partial charge >= 0.3 is 5.97 Å². The van der Waals surface area contributed by atoms with E-state index in [0.29, 0.717) is 17.7 Å². The van der Waals surface area contributed by atoms with Crippen molar-refractivity contribution in [1.82, 2.24) is 9.80 Å². The summed E-state index contributed by atoms with van der Waals surface area (Å²) in [6, 6.07) is 18.3. The van der Waals surface area contributed by atoms with Gasteiger partial charge in [0.2, 0.25) is 0 Å². The highest BCUT2D eigenvalue weighted by Crippen LogP contribution is 2.45. The first-order valence-corrected chi connectivity index (χ1v) is 10.4. The Hall–Kier alpha value is -2.37. The Morgan fingerprint density at radius 1 is 1.10 bits per heavy atom. The van der Waals surface area contributed by atoms with Crippen molar-refractivity contribution in [3.8, 4) is 5.75 Å². The Morgan fingerprint density at radius 2 is 1.86 bits per heavy atom. The molecule has 0 aromatic heterocycles. The maximum atomic E-state index is 11.6. The molecule has 2 aromatic carbocycles. The van der Waals surface area contributed by atoms with Gasteiger partial charge in [-0.15, -0.1) is 0 Å². The fraction of sp³-hybridized carbons (Fsp3) is 0.458. The normalized spacial score (nSPS) is 30.6. The highest BCUT2D eigenvalue weighted by molar-refractivity contribution is 5.69. The minimum atomic E-state index is -0.778. The second-order valence-electron chi connectivity index (χ2n) is 8.93. The van der Waals surface area contributed by atoms with Gasteiger partial charge in [-0.1, -0.05) is 56.3 Å². The number of phenolic OH excluding ortho intramolecular Hbond substituents is 1. The summed E-state index contributed by atoms with van der Waals surface area (Å²) in [6.07, 6.45) is 0.954. The molecule has 0 aliphatic carbocycles. The fourth-order valence-electron chi connectivity index (χ4n) is 5.26. The monoisotopic (exact) mass is 394 g/mol. The lowest BCUT2D eigenvalue weighted by molar-refractivity contribution is -0.141. The summed E-state index contributed by atoms with van der Waals surface area (Å²) in [6.45, 7) is 7.20. The molecule has 0 amide bonds. The predicted octanol–water partition coefficient (Wildman–Crippen LogP) is 3.50. The quantitative estimate of drug-likeness (QED) is 0.831. The van der Waals surface area contributed by atoms with E-state index < -0.39 is 5.97 Å². The number of fused-ring (bicyclic) bond motifs is 1. The van der Waals surface area contributed by atoms with Crippen LogP contribution in [0.15, 0.2) is 54.6 Å². The van der Waals surface area contributed by atoms with Crippen molar-refractivity contribution in [3.63, 3.8) is 0 Å². The lowest BCUT2D eigenvalue weighted by atomic mass is 9.65. The van der Waals surface area contributed by atoms with Crippen LogP contribution in [0.2, 0.25) is 0 Å². The van der Waals surface area contributed by atoms with Crippen LogP contribution in [-0.2, 0) is 10.2 Å². The fourth-order valence-corrected chi connectivity index (χ4v) is 5.26. The average molecular weight is 395 g/mol. The Bertz CT molecular complexity index is 871. The molecular weight excluding hydrogens is 364 g/mol. The summed E-state index contributed by atoms with van der Waals surface area (Å²) in [5.74, 6) is -0.0408. The van der Waals surface area contributed by atoms with Gasteiger partial charge in [-0.3, -0.25) is 14.6 Å². The second kappa shape index (κ2) is 7.81. The molecule has 5 nitrogen and oxygen atoms in total. The number of aromatic hydroxyl groups is 1. The molecule has 2 aromatic rings. The van der Waals surface area contributed by atoms with E-state index >= 15 is 0 Å². The van der Waals surface area contributed by atoms with E-state index in [9.17, 15) is 15.0 Å². The smallest absolute Gasteiger partial charge is 0.317 e. The van der Waals surface area contributed by atoms with Crippen molar-refractivity contribution in [2.45, 2.75) is 37.8 Å². The van der Waals surface area contributed by atoms with Crippen LogP contribution in [0.4, 0.5) is 0 Å². The molecule has 0 radical (unpaired) electrons. The van der Waals surface area contributed by atoms with E-state index in [-0.39, 0.29) is 18.0 Å². The van der Waals surface area contributed by atoms with E-state index in [1.54, 1.807) is 6.07 Å². The van der Waals surface area contributed by atoms with Crippen LogP contribution >= 0.6 is 0 Å². The largest absolute Gasteiger partial charge is 0.508 e. The number of nitrogens with zero attached hydrogens (tertiary/aromatic N) is 2. The van der Waals surface area contributed by atoms with Gasteiger partial charge in [-0.05, 0) is 41.0 Å². The Balaban J connectivity index is 1.61. The average Bonchev–Trinajstić information content (AvgIpc) is 2.69. The van der Waals surface area contributed by atoms with Gasteiger partial charge in [0.25, 0.3) is 0 Å². The van der Waals surface area contributed by atoms with Crippen molar-refractivity contribution >= 4 is 5.97 Å². The summed E-state index contributed by atoms with van der Waals surface area (Å²) in [5, 5.41) is 19.5. The molecule has 5 heteroatoms. The molecule has 1 unspecified atom stereocenters. The molecule has 4 atom stereocenters. The third-order valence-electron chi connectivity index (χ3n) is 7.09. The van der Waals surface area contributed by atoms with Crippen LogP contribution in [-0.4, -0.2) is 58.2 Å². The topological polar surface area (TPSA) is 64.0 Å². The standard InChI is InChI=1S/C24H30N2O3/c1-17-13-25-15-22(18-7-4-3-5-8-18)26(16-23(28)29)14-20(25)12-24(17,2)19-9-6-10-21(27)11-19/h3-11,17,20,22,27H,12-16H2,1-2H3,(H,28,29)/t17-,20+,22?,24+/m0/s1. The zero-order valence-corrected chi connectivity index (χ0v) is 17.2. The van der Waals surface area contributed by atoms with Crippen LogP contribution < -0.4 is 0 Å². The maximum Gasteiger partial charge on any atom is 0.317 e. The van der Waals surface area contributed by atoms with Crippen molar-refractivity contribution in [2.75, 3.05) is 26.2 Å². The number of carboxylic acids is 1. The summed E-state index contributed by atoms with van der Waals surface area (Å²) in [4.78, 5) is 16.2. The lowest BCUT2D eigenvalue weighted by Crippen LogP contribution is -2.62. The number of piperidine rings is 1. The molecule has 0 saturated carbocycles. The summed E-state index contributed by atoms with van der Waals surface area (Å²) < 4.78 is 0. The number of hydrogen-bond acceptors (Lipinski definition) is 4. The number of hydrogen-bond donors (Lipinski definition) is 2. The molecule has 2 saturated heterocycles. The summed E-state index contributed by atoms with van der Waals surface area (Å²) >= 11 is 0. The predicted molar refractivity (Wildman–Crippen MR) is 113 cm³/mol. The molecule has 2 aliphatic rings. The minimum absolute atomic E-state index is 0.0472.